The van der Waals surface area contributed by atoms with Crippen LogP contribution >= 0.6 is 0 Å². The van der Waals surface area contributed by atoms with Crippen molar-refractivity contribution >= 4 is 5.91 Å². The monoisotopic (exact) mass is 279 g/mol. The molecule has 0 bridgehead atoms. The van der Waals surface area contributed by atoms with Gasteiger partial charge in [-0.3, -0.25) is 9.78 Å². The van der Waals surface area contributed by atoms with Crippen LogP contribution in [-0.4, -0.2) is 10.9 Å². The topological polar surface area (TPSA) is 65.8 Å². The molecule has 0 saturated heterocycles. The molecular formula is C17H17N3O. The molecule has 0 spiro atoms. The Labute approximate surface area is 124 Å². The van der Waals surface area contributed by atoms with Crippen molar-refractivity contribution in [1.29, 1.82) is 5.26 Å². The van der Waals surface area contributed by atoms with Gasteiger partial charge >= 0.3 is 0 Å². The fourth-order valence-electron chi connectivity index (χ4n) is 2.05. The van der Waals surface area contributed by atoms with Gasteiger partial charge in [-0.05, 0) is 31.0 Å². The summed E-state index contributed by atoms with van der Waals surface area (Å²) in [5.74, 6) is -0.943. The van der Waals surface area contributed by atoms with Crippen molar-refractivity contribution in [3.63, 3.8) is 0 Å². The van der Waals surface area contributed by atoms with E-state index in [0.29, 0.717) is 13.0 Å². The Balaban J connectivity index is 1.93. The first-order chi connectivity index (χ1) is 10.2. The van der Waals surface area contributed by atoms with Gasteiger partial charge in [0.1, 0.15) is 5.92 Å². The summed E-state index contributed by atoms with van der Waals surface area (Å²) in [7, 11) is 0. The summed E-state index contributed by atoms with van der Waals surface area (Å²) in [5, 5.41) is 11.9. The fraction of sp³-hybridized carbons (Fsp3) is 0.235. The predicted octanol–water partition coefficient (Wildman–Crippen LogP) is 2.39. The average molecular weight is 279 g/mol. The molecule has 4 nitrogen and oxygen atoms in total. The number of carbonyl (C=O) groups excluding carboxylic acids is 1. The van der Waals surface area contributed by atoms with Crippen molar-refractivity contribution < 1.29 is 4.79 Å². The number of aryl methyl sites for hydroxylation is 1. The lowest BCUT2D eigenvalue weighted by Gasteiger charge is -2.10. The molecule has 2 aromatic rings. The highest BCUT2D eigenvalue weighted by molar-refractivity contribution is 5.81. The smallest absolute Gasteiger partial charge is 0.238 e. The van der Waals surface area contributed by atoms with Crippen LogP contribution < -0.4 is 5.32 Å². The molecule has 21 heavy (non-hydrogen) atoms. The second kappa shape index (κ2) is 7.20. The summed E-state index contributed by atoms with van der Waals surface area (Å²) < 4.78 is 0. The number of nitriles is 1. The molecule has 0 saturated carbocycles. The van der Waals surface area contributed by atoms with Crippen molar-refractivity contribution in [3.8, 4) is 6.07 Å². The summed E-state index contributed by atoms with van der Waals surface area (Å²) in [6, 6.07) is 17.3. The van der Waals surface area contributed by atoms with E-state index in [1.54, 1.807) is 0 Å². The number of aromatic nitrogens is 1. The lowest BCUT2D eigenvalue weighted by atomic mass is 10.00. The minimum absolute atomic E-state index is 0.260. The normalized spacial score (nSPS) is 11.4. The van der Waals surface area contributed by atoms with Crippen molar-refractivity contribution in [2.45, 2.75) is 19.9 Å². The van der Waals surface area contributed by atoms with E-state index in [1.165, 1.54) is 0 Å². The molecule has 0 aliphatic rings. The Morgan fingerprint density at radius 3 is 2.67 bits per heavy atom. The maximum Gasteiger partial charge on any atom is 0.238 e. The molecule has 0 aliphatic carbocycles. The lowest BCUT2D eigenvalue weighted by Crippen LogP contribution is -2.31. The first-order valence-electron chi connectivity index (χ1n) is 6.83. The number of carbonyl (C=O) groups is 1. The molecule has 0 aliphatic heterocycles. The van der Waals surface area contributed by atoms with Crippen LogP contribution in [-0.2, 0) is 17.8 Å². The number of amides is 1. The lowest BCUT2D eigenvalue weighted by molar-refractivity contribution is -0.123. The van der Waals surface area contributed by atoms with E-state index in [9.17, 15) is 10.1 Å². The molecule has 4 heteroatoms. The number of pyridine rings is 1. The van der Waals surface area contributed by atoms with Gasteiger partial charge in [-0.15, -0.1) is 0 Å². The number of hydrogen-bond acceptors (Lipinski definition) is 3. The summed E-state index contributed by atoms with van der Waals surface area (Å²) in [5.41, 5.74) is 2.68. The van der Waals surface area contributed by atoms with Crippen LogP contribution in [0.15, 0.2) is 48.5 Å². The Morgan fingerprint density at radius 2 is 2.00 bits per heavy atom. The second-order valence-corrected chi connectivity index (χ2v) is 4.86. The number of nitrogens with one attached hydrogen (secondary N) is 1. The van der Waals surface area contributed by atoms with Crippen molar-refractivity contribution in [3.05, 3.63) is 65.5 Å². The van der Waals surface area contributed by atoms with Crippen LogP contribution in [0.25, 0.3) is 0 Å². The maximum absolute atomic E-state index is 12.1. The van der Waals surface area contributed by atoms with Crippen LogP contribution in [0.2, 0.25) is 0 Å². The largest absolute Gasteiger partial charge is 0.349 e. The minimum Gasteiger partial charge on any atom is -0.349 e. The van der Waals surface area contributed by atoms with Gasteiger partial charge in [-0.2, -0.15) is 5.26 Å². The molecule has 2 rings (SSSR count). The van der Waals surface area contributed by atoms with Gasteiger partial charge in [0.05, 0.1) is 18.3 Å². The second-order valence-electron chi connectivity index (χ2n) is 4.86. The molecule has 106 valence electrons. The first-order valence-corrected chi connectivity index (χ1v) is 6.83. The van der Waals surface area contributed by atoms with E-state index in [1.807, 2.05) is 55.5 Å². The van der Waals surface area contributed by atoms with Crippen LogP contribution in [0, 0.1) is 24.2 Å². The molecule has 1 aromatic carbocycles. The molecule has 1 aromatic heterocycles. The van der Waals surface area contributed by atoms with Crippen LogP contribution in [0.3, 0.4) is 0 Å². The van der Waals surface area contributed by atoms with Gasteiger partial charge in [0.15, 0.2) is 0 Å². The number of nitrogens with zero attached hydrogens (tertiary/aromatic N) is 2. The summed E-state index contributed by atoms with van der Waals surface area (Å²) >= 11 is 0. The van der Waals surface area contributed by atoms with Crippen LogP contribution in [0.1, 0.15) is 17.0 Å². The molecule has 1 N–H and O–H groups in total. The third-order valence-corrected chi connectivity index (χ3v) is 3.14. The SMILES string of the molecule is Cc1cccc(CNC(=O)C(C#N)Cc2ccccc2)n1. The summed E-state index contributed by atoms with van der Waals surface area (Å²) in [4.78, 5) is 16.4. The van der Waals surface area contributed by atoms with Gasteiger partial charge in [-0.1, -0.05) is 36.4 Å². The van der Waals surface area contributed by atoms with Gasteiger partial charge in [-0.25, -0.2) is 0 Å². The number of hydrogen-bond donors (Lipinski definition) is 1. The van der Waals surface area contributed by atoms with Gasteiger partial charge in [0.25, 0.3) is 0 Å². The molecule has 0 fully saturated rings. The number of benzene rings is 1. The van der Waals surface area contributed by atoms with E-state index in [4.69, 9.17) is 0 Å². The maximum atomic E-state index is 12.1. The van der Waals surface area contributed by atoms with E-state index in [2.05, 4.69) is 16.4 Å². The van der Waals surface area contributed by atoms with E-state index in [-0.39, 0.29) is 5.91 Å². The minimum atomic E-state index is -0.683. The first kappa shape index (κ1) is 14.7. The summed E-state index contributed by atoms with van der Waals surface area (Å²) in [6.07, 6.45) is 0.421. The number of rotatable bonds is 5. The molecule has 1 atom stereocenters. The fourth-order valence-corrected chi connectivity index (χ4v) is 2.05. The zero-order valence-corrected chi connectivity index (χ0v) is 11.9. The Hall–Kier alpha value is -2.67. The Bertz CT molecular complexity index is 647. The highest BCUT2D eigenvalue weighted by Crippen LogP contribution is 2.08. The quantitative estimate of drug-likeness (QED) is 0.914. The zero-order chi connectivity index (χ0) is 15.1. The summed E-state index contributed by atoms with van der Waals surface area (Å²) in [6.45, 7) is 2.24. The van der Waals surface area contributed by atoms with Crippen LogP contribution in [0.4, 0.5) is 0 Å². The predicted molar refractivity (Wildman–Crippen MR) is 80.1 cm³/mol. The Kier molecular flexibility index (Phi) is 5.05. The zero-order valence-electron chi connectivity index (χ0n) is 11.9. The molecule has 1 amide bonds. The highest BCUT2D eigenvalue weighted by Gasteiger charge is 2.18. The highest BCUT2D eigenvalue weighted by atomic mass is 16.1. The van der Waals surface area contributed by atoms with Crippen molar-refractivity contribution in [2.75, 3.05) is 0 Å². The van der Waals surface area contributed by atoms with Crippen LogP contribution in [0.5, 0.6) is 0 Å². The van der Waals surface area contributed by atoms with E-state index < -0.39 is 5.92 Å². The molecular weight excluding hydrogens is 262 g/mol. The average Bonchev–Trinajstić information content (AvgIpc) is 2.51. The van der Waals surface area contributed by atoms with E-state index >= 15 is 0 Å². The van der Waals surface area contributed by atoms with Gasteiger partial charge in [0, 0.05) is 5.69 Å². The van der Waals surface area contributed by atoms with Gasteiger partial charge < -0.3 is 5.32 Å². The molecule has 1 unspecified atom stereocenters. The molecule has 1 heterocycles. The van der Waals surface area contributed by atoms with Gasteiger partial charge in [0.2, 0.25) is 5.91 Å². The third-order valence-electron chi connectivity index (χ3n) is 3.14. The van der Waals surface area contributed by atoms with Crippen molar-refractivity contribution in [2.24, 2.45) is 5.92 Å². The van der Waals surface area contributed by atoms with Crippen molar-refractivity contribution in [1.82, 2.24) is 10.3 Å². The Morgan fingerprint density at radius 1 is 1.24 bits per heavy atom. The third kappa shape index (κ3) is 4.43. The molecule has 0 radical (unpaired) electrons. The van der Waals surface area contributed by atoms with E-state index in [0.717, 1.165) is 17.0 Å². The standard InChI is InChI=1S/C17H17N3O/c1-13-6-5-9-16(20-13)12-19-17(21)15(11-18)10-14-7-3-2-4-8-14/h2-9,15H,10,12H2,1H3,(H,19,21).